The first-order valence-electron chi connectivity index (χ1n) is 7.15. The number of hydrogen-bond acceptors (Lipinski definition) is 4. The number of thiazole rings is 1. The summed E-state index contributed by atoms with van der Waals surface area (Å²) in [5, 5.41) is 6.56. The maximum atomic E-state index is 4.67. The Labute approximate surface area is 149 Å². The predicted octanol–water partition coefficient (Wildman–Crippen LogP) is 2.42. The molecule has 0 spiro atoms. The van der Waals surface area contributed by atoms with Crippen molar-refractivity contribution in [1.82, 2.24) is 20.1 Å². The zero-order valence-corrected chi connectivity index (χ0v) is 16.9. The van der Waals surface area contributed by atoms with Gasteiger partial charge in [0.2, 0.25) is 0 Å². The largest absolute Gasteiger partial charge is 0.357 e. The van der Waals surface area contributed by atoms with Crippen molar-refractivity contribution in [2.45, 2.75) is 27.3 Å². The Kier molecular flexibility index (Phi) is 11.0. The number of likely N-dealkylation sites (N-methyl/N-ethyl adjacent to an activating group) is 1. The van der Waals surface area contributed by atoms with E-state index in [-0.39, 0.29) is 24.0 Å². The maximum absolute atomic E-state index is 4.67. The summed E-state index contributed by atoms with van der Waals surface area (Å²) in [6.07, 6.45) is 0. The number of rotatable bonds is 7. The molecule has 1 aromatic rings. The smallest absolute Gasteiger partial charge is 0.194 e. The van der Waals surface area contributed by atoms with Crippen molar-refractivity contribution in [2.24, 2.45) is 4.99 Å². The molecule has 0 aliphatic carbocycles. The quantitative estimate of drug-likeness (QED) is 0.414. The highest BCUT2D eigenvalue weighted by molar-refractivity contribution is 14.0. The number of hydrogen-bond donors (Lipinski definition) is 1. The second kappa shape index (κ2) is 11.2. The number of nitrogens with zero attached hydrogens (tertiary/aromatic N) is 4. The fraction of sp³-hybridized carbons (Fsp3) is 0.714. The highest BCUT2D eigenvalue weighted by atomic mass is 127. The molecule has 7 heteroatoms. The Morgan fingerprint density at radius 3 is 2.62 bits per heavy atom. The minimum Gasteiger partial charge on any atom is -0.357 e. The summed E-state index contributed by atoms with van der Waals surface area (Å²) in [6, 6.07) is 0. The molecule has 0 saturated carbocycles. The Bertz CT molecular complexity index is 421. The van der Waals surface area contributed by atoms with E-state index in [9.17, 15) is 0 Å². The summed E-state index contributed by atoms with van der Waals surface area (Å²) in [7, 11) is 4.17. The van der Waals surface area contributed by atoms with Gasteiger partial charge in [-0.2, -0.15) is 0 Å². The lowest BCUT2D eigenvalue weighted by molar-refractivity contribution is 0.361. The Morgan fingerprint density at radius 2 is 2.10 bits per heavy atom. The van der Waals surface area contributed by atoms with Crippen molar-refractivity contribution in [3.05, 3.63) is 16.1 Å². The van der Waals surface area contributed by atoms with Gasteiger partial charge in [-0.1, -0.05) is 6.92 Å². The fourth-order valence-corrected chi connectivity index (χ4v) is 2.36. The molecule has 0 radical (unpaired) electrons. The minimum absolute atomic E-state index is 0. The van der Waals surface area contributed by atoms with Crippen LogP contribution in [0.1, 0.15) is 24.5 Å². The van der Waals surface area contributed by atoms with Gasteiger partial charge >= 0.3 is 0 Å². The van der Waals surface area contributed by atoms with Gasteiger partial charge in [-0.25, -0.2) is 4.98 Å². The first-order chi connectivity index (χ1) is 9.56. The van der Waals surface area contributed by atoms with Gasteiger partial charge in [0, 0.05) is 25.5 Å². The average molecular weight is 425 g/mol. The fourth-order valence-electron chi connectivity index (χ4n) is 1.75. The van der Waals surface area contributed by atoms with Crippen LogP contribution in [0.3, 0.4) is 0 Å². The van der Waals surface area contributed by atoms with Gasteiger partial charge in [0.1, 0.15) is 0 Å². The van der Waals surface area contributed by atoms with E-state index in [1.54, 1.807) is 11.3 Å². The predicted molar refractivity (Wildman–Crippen MR) is 103 cm³/mol. The van der Waals surface area contributed by atoms with Crippen LogP contribution in [-0.4, -0.2) is 61.0 Å². The summed E-state index contributed by atoms with van der Waals surface area (Å²) < 4.78 is 0. The molecule has 1 rings (SSSR count). The molecule has 1 heterocycles. The van der Waals surface area contributed by atoms with Crippen molar-refractivity contribution in [3.63, 3.8) is 0 Å². The number of guanidine groups is 1. The molecule has 0 aliphatic rings. The van der Waals surface area contributed by atoms with Crippen molar-refractivity contribution in [3.8, 4) is 0 Å². The van der Waals surface area contributed by atoms with Crippen LogP contribution < -0.4 is 5.32 Å². The van der Waals surface area contributed by atoms with Gasteiger partial charge in [-0.05, 0) is 27.4 Å². The minimum atomic E-state index is 0. The van der Waals surface area contributed by atoms with Gasteiger partial charge in [0.05, 0.1) is 23.8 Å². The topological polar surface area (TPSA) is 43.8 Å². The van der Waals surface area contributed by atoms with Crippen LogP contribution in [0.5, 0.6) is 0 Å². The van der Waals surface area contributed by atoms with Crippen LogP contribution in [0.25, 0.3) is 0 Å². The van der Waals surface area contributed by atoms with E-state index >= 15 is 0 Å². The summed E-state index contributed by atoms with van der Waals surface area (Å²) in [5.41, 5.74) is 1.10. The second-order valence-corrected chi connectivity index (χ2v) is 5.91. The Balaban J connectivity index is 0.00000400. The van der Waals surface area contributed by atoms with Gasteiger partial charge < -0.3 is 15.1 Å². The molecule has 0 aromatic carbocycles. The van der Waals surface area contributed by atoms with Gasteiger partial charge in [-0.3, -0.25) is 4.99 Å². The molecule has 0 aliphatic heterocycles. The first-order valence-corrected chi connectivity index (χ1v) is 8.03. The molecule has 0 unspecified atom stereocenters. The lowest BCUT2D eigenvalue weighted by Gasteiger charge is -2.21. The molecule has 1 N–H and O–H groups in total. The Morgan fingerprint density at radius 1 is 1.38 bits per heavy atom. The monoisotopic (exact) mass is 425 g/mol. The molecule has 1 aromatic heterocycles. The molecule has 21 heavy (non-hydrogen) atoms. The van der Waals surface area contributed by atoms with E-state index in [2.05, 4.69) is 58.4 Å². The second-order valence-electron chi connectivity index (χ2n) is 4.85. The van der Waals surface area contributed by atoms with Crippen molar-refractivity contribution >= 4 is 41.3 Å². The van der Waals surface area contributed by atoms with Crippen LogP contribution in [0, 0.1) is 6.92 Å². The van der Waals surface area contributed by atoms with E-state index in [1.165, 1.54) is 0 Å². The Hall–Kier alpha value is -0.410. The van der Waals surface area contributed by atoms with Crippen molar-refractivity contribution < 1.29 is 0 Å². The summed E-state index contributed by atoms with van der Waals surface area (Å²) in [6.45, 7) is 10.8. The van der Waals surface area contributed by atoms with E-state index in [0.717, 1.165) is 49.4 Å². The number of aryl methyl sites for hydroxylation is 1. The van der Waals surface area contributed by atoms with Crippen LogP contribution in [0.15, 0.2) is 10.4 Å². The summed E-state index contributed by atoms with van der Waals surface area (Å²) >= 11 is 1.69. The molecule has 0 atom stereocenters. The van der Waals surface area contributed by atoms with Gasteiger partial charge in [0.15, 0.2) is 5.96 Å². The number of halogens is 1. The van der Waals surface area contributed by atoms with E-state index < -0.39 is 0 Å². The number of aromatic nitrogens is 1. The molecular weight excluding hydrogens is 397 g/mol. The first kappa shape index (κ1) is 20.6. The lowest BCUT2D eigenvalue weighted by atomic mass is 10.4. The SMILES string of the molecule is CCNC(=NCCN(C)CC)N(C)Cc1csc(C)n1.I. The normalized spacial score (nSPS) is 11.4. The molecule has 0 bridgehead atoms. The summed E-state index contributed by atoms with van der Waals surface area (Å²) in [4.78, 5) is 13.6. The van der Waals surface area contributed by atoms with Crippen LogP contribution in [0.2, 0.25) is 0 Å². The molecule has 0 fully saturated rings. The maximum Gasteiger partial charge on any atom is 0.194 e. The van der Waals surface area contributed by atoms with E-state index in [0.29, 0.717) is 0 Å². The third kappa shape index (κ3) is 7.96. The van der Waals surface area contributed by atoms with Gasteiger partial charge in [0.25, 0.3) is 0 Å². The molecule has 5 nitrogen and oxygen atoms in total. The zero-order valence-electron chi connectivity index (χ0n) is 13.7. The average Bonchev–Trinajstić information content (AvgIpc) is 2.82. The standard InChI is InChI=1S/C14H27N5S.HI/c1-6-15-14(16-8-9-18(4)7-2)19(5)10-13-11-20-12(3)17-13;/h11H,6-10H2,1-5H3,(H,15,16);1H. The van der Waals surface area contributed by atoms with Crippen molar-refractivity contribution in [1.29, 1.82) is 0 Å². The van der Waals surface area contributed by atoms with Crippen molar-refractivity contribution in [2.75, 3.05) is 40.3 Å². The third-order valence-electron chi connectivity index (χ3n) is 3.05. The molecule has 0 saturated heterocycles. The van der Waals surface area contributed by atoms with E-state index in [4.69, 9.17) is 0 Å². The lowest BCUT2D eigenvalue weighted by Crippen LogP contribution is -2.39. The molecular formula is C14H28IN5S. The highest BCUT2D eigenvalue weighted by Gasteiger charge is 2.08. The summed E-state index contributed by atoms with van der Waals surface area (Å²) in [5.74, 6) is 0.947. The number of aliphatic imine (C=N–C) groups is 1. The molecule has 0 amide bonds. The van der Waals surface area contributed by atoms with E-state index in [1.807, 2.05) is 6.92 Å². The van der Waals surface area contributed by atoms with Crippen LogP contribution in [-0.2, 0) is 6.54 Å². The molecule has 122 valence electrons. The zero-order chi connectivity index (χ0) is 15.0. The van der Waals surface area contributed by atoms with Crippen LogP contribution >= 0.6 is 35.3 Å². The van der Waals surface area contributed by atoms with Crippen LogP contribution in [0.4, 0.5) is 0 Å². The highest BCUT2D eigenvalue weighted by Crippen LogP contribution is 2.09. The number of nitrogens with one attached hydrogen (secondary N) is 1. The third-order valence-corrected chi connectivity index (χ3v) is 3.87. The van der Waals surface area contributed by atoms with Gasteiger partial charge in [-0.15, -0.1) is 35.3 Å².